The monoisotopic (exact) mass is 722 g/mol. The van der Waals surface area contributed by atoms with Gasteiger partial charge in [0.15, 0.2) is 0 Å². The fourth-order valence-corrected chi connectivity index (χ4v) is 8.36. The first-order valence-corrected chi connectivity index (χ1v) is 19.9. The predicted molar refractivity (Wildman–Crippen MR) is 147 cm³/mol. The lowest BCUT2D eigenvalue weighted by atomic mass is 10.1. The summed E-state index contributed by atoms with van der Waals surface area (Å²) in [6.07, 6.45) is -6.44. The maximum atomic E-state index is 12.7. The molecule has 0 aromatic carbocycles. The Morgan fingerprint density at radius 1 is 0.591 bits per heavy atom. The first-order valence-electron chi connectivity index (χ1n) is 13.9. The van der Waals surface area contributed by atoms with Crippen LogP contribution in [-0.4, -0.2) is 108 Å². The van der Waals surface area contributed by atoms with Gasteiger partial charge in [0.2, 0.25) is 0 Å². The van der Waals surface area contributed by atoms with Gasteiger partial charge in [-0.3, -0.25) is 36.2 Å². The first kappa shape index (κ1) is 38.8. The average molecular weight is 722 g/mol. The normalized spacial score (nSPS) is 36.5. The minimum Gasteiger partial charge on any atom is -0.373 e. The van der Waals surface area contributed by atoms with Crippen molar-refractivity contribution in [2.45, 2.75) is 95.8 Å². The van der Waals surface area contributed by atoms with Crippen molar-refractivity contribution in [1.82, 2.24) is 0 Å². The summed E-state index contributed by atoms with van der Waals surface area (Å²) < 4.78 is 106. The van der Waals surface area contributed by atoms with Gasteiger partial charge in [0.05, 0.1) is 45.2 Å². The summed E-state index contributed by atoms with van der Waals surface area (Å²) >= 11 is 0. The van der Waals surface area contributed by atoms with Crippen LogP contribution in [0.5, 0.6) is 0 Å². The van der Waals surface area contributed by atoms with Crippen LogP contribution in [0.1, 0.15) is 47.0 Å². The minimum absolute atomic E-state index is 0.0721. The lowest BCUT2D eigenvalue weighted by molar-refractivity contribution is -0.0355. The second kappa shape index (κ2) is 16.6. The molecule has 0 bridgehead atoms. The van der Waals surface area contributed by atoms with Crippen LogP contribution in [0.2, 0.25) is 0 Å². The molecule has 0 spiro atoms. The van der Waals surface area contributed by atoms with Gasteiger partial charge in [0.25, 0.3) is 0 Å². The number of rotatable bonds is 19. The van der Waals surface area contributed by atoms with E-state index in [1.807, 2.05) is 0 Å². The molecule has 23 heteroatoms. The number of ether oxygens (including phenoxy) is 3. The molecule has 0 aromatic rings. The summed E-state index contributed by atoms with van der Waals surface area (Å²) in [5.41, 5.74) is 0. The second-order valence-electron chi connectivity index (χ2n) is 10.2. The van der Waals surface area contributed by atoms with Crippen LogP contribution < -0.4 is 0 Å². The van der Waals surface area contributed by atoms with E-state index in [2.05, 4.69) is 4.52 Å². The van der Waals surface area contributed by atoms with E-state index in [0.717, 1.165) is 0 Å². The van der Waals surface area contributed by atoms with Gasteiger partial charge in [-0.1, -0.05) is 0 Å². The number of hydrogen-bond acceptors (Lipinski definition) is 15. The van der Waals surface area contributed by atoms with Gasteiger partial charge in [-0.15, -0.1) is 0 Å². The summed E-state index contributed by atoms with van der Waals surface area (Å²) in [6.45, 7) is 4.75. The SMILES string of the molecule is CCOP(=O)(O)OC[C@H]1O[C@@H](C)C[C@H]1OP(=O)(O)OC[C@H]1OCC[C@H]1OP(=O)(O)OC[C@H]1O[C@@H](C)C[C@H]1OP(=O)(O)OCC. The minimum atomic E-state index is -4.76. The lowest BCUT2D eigenvalue weighted by Crippen LogP contribution is -2.31. The van der Waals surface area contributed by atoms with Crippen LogP contribution in [0.15, 0.2) is 0 Å². The fourth-order valence-electron chi connectivity index (χ4n) is 4.73. The summed E-state index contributed by atoms with van der Waals surface area (Å²) in [6, 6.07) is 0. The van der Waals surface area contributed by atoms with Gasteiger partial charge in [-0.05, 0) is 27.7 Å². The van der Waals surface area contributed by atoms with Crippen molar-refractivity contribution in [2.24, 2.45) is 0 Å². The summed E-state index contributed by atoms with van der Waals surface area (Å²) in [4.78, 5) is 40.1. The van der Waals surface area contributed by atoms with Crippen molar-refractivity contribution in [2.75, 3.05) is 39.6 Å². The number of phosphoric acid groups is 4. The smallest absolute Gasteiger partial charge is 0.373 e. The first-order chi connectivity index (χ1) is 20.4. The van der Waals surface area contributed by atoms with E-state index in [1.54, 1.807) is 13.8 Å². The van der Waals surface area contributed by atoms with E-state index in [-0.39, 0.29) is 39.1 Å². The van der Waals surface area contributed by atoms with Crippen LogP contribution >= 0.6 is 31.3 Å². The zero-order valence-corrected chi connectivity index (χ0v) is 28.3. The van der Waals surface area contributed by atoms with Crippen molar-refractivity contribution >= 4 is 31.3 Å². The Labute approximate surface area is 255 Å². The molecule has 4 unspecified atom stereocenters. The summed E-state index contributed by atoms with van der Waals surface area (Å²) in [5.74, 6) is 0. The van der Waals surface area contributed by atoms with Crippen LogP contribution in [0.3, 0.4) is 0 Å². The second-order valence-corrected chi connectivity index (χ2v) is 15.8. The molecule has 0 aliphatic carbocycles. The van der Waals surface area contributed by atoms with Gasteiger partial charge >= 0.3 is 31.3 Å². The molecule has 44 heavy (non-hydrogen) atoms. The molecule has 4 N–H and O–H groups in total. The Kier molecular flexibility index (Phi) is 14.6. The maximum absolute atomic E-state index is 12.7. The molecular formula is C21H42O19P4. The van der Waals surface area contributed by atoms with E-state index in [4.69, 9.17) is 45.9 Å². The Hall–Kier alpha value is 0.320. The predicted octanol–water partition coefficient (Wildman–Crippen LogP) is 2.81. The average Bonchev–Trinajstić information content (AvgIpc) is 3.57. The molecule has 12 atom stereocenters. The van der Waals surface area contributed by atoms with E-state index < -0.39 is 99.9 Å². The van der Waals surface area contributed by atoms with Gasteiger partial charge in [-0.25, -0.2) is 18.3 Å². The van der Waals surface area contributed by atoms with E-state index in [9.17, 15) is 37.8 Å². The van der Waals surface area contributed by atoms with Crippen LogP contribution in [0, 0.1) is 0 Å². The molecule has 0 aromatic heterocycles. The van der Waals surface area contributed by atoms with Crippen LogP contribution in [-0.2, 0) is 68.7 Å². The molecule has 0 amide bonds. The van der Waals surface area contributed by atoms with Crippen molar-refractivity contribution < 1.29 is 88.2 Å². The Balaban J connectivity index is 1.49. The highest BCUT2D eigenvalue weighted by molar-refractivity contribution is 7.48. The van der Waals surface area contributed by atoms with Crippen molar-refractivity contribution in [3.05, 3.63) is 0 Å². The zero-order chi connectivity index (χ0) is 32.8. The van der Waals surface area contributed by atoms with Crippen LogP contribution in [0.4, 0.5) is 0 Å². The van der Waals surface area contributed by atoms with E-state index in [0.29, 0.717) is 0 Å². The molecule has 19 nitrogen and oxygen atoms in total. The summed E-state index contributed by atoms with van der Waals surface area (Å²) in [5, 5.41) is 0. The van der Waals surface area contributed by atoms with E-state index >= 15 is 0 Å². The summed E-state index contributed by atoms with van der Waals surface area (Å²) in [7, 11) is -18.2. The number of hydrogen-bond donors (Lipinski definition) is 4. The molecule has 260 valence electrons. The van der Waals surface area contributed by atoms with Gasteiger partial charge < -0.3 is 33.8 Å². The molecular weight excluding hydrogens is 680 g/mol. The maximum Gasteiger partial charge on any atom is 0.472 e. The van der Waals surface area contributed by atoms with Crippen molar-refractivity contribution in [1.29, 1.82) is 0 Å². The van der Waals surface area contributed by atoms with Gasteiger partial charge in [-0.2, -0.15) is 0 Å². The topological polar surface area (TPSA) is 251 Å². The quantitative estimate of drug-likeness (QED) is 0.140. The highest BCUT2D eigenvalue weighted by Gasteiger charge is 2.44. The lowest BCUT2D eigenvalue weighted by Gasteiger charge is -2.25. The number of phosphoric ester groups is 4. The molecule has 0 saturated carbocycles. The Morgan fingerprint density at radius 2 is 0.977 bits per heavy atom. The molecule has 3 rings (SSSR count). The Bertz CT molecular complexity index is 1110. The molecule has 3 saturated heterocycles. The fraction of sp³-hybridized carbons (Fsp3) is 1.00. The van der Waals surface area contributed by atoms with Crippen molar-refractivity contribution in [3.8, 4) is 0 Å². The molecule has 3 heterocycles. The largest absolute Gasteiger partial charge is 0.472 e. The van der Waals surface area contributed by atoms with Gasteiger partial charge in [0.1, 0.15) is 36.6 Å². The van der Waals surface area contributed by atoms with Gasteiger partial charge in [0, 0.05) is 25.9 Å². The zero-order valence-electron chi connectivity index (χ0n) is 24.7. The molecule has 3 aliphatic rings. The third kappa shape index (κ3) is 12.7. The standard InChI is InChI=1S/C21H42O19P4/c1-5-31-41(22,23)33-12-20-18(10-15(4)36-20)40-44(28,29)34-11-19-16(7-8-30-19)38-43(26,27)35-13-21-17(9-14(3)37-21)39-42(24,25)32-6-2/h14-21H,5-13H2,1-4H3,(H,22,23)(H,24,25)(H,26,27)(H,28,29)/t14-,15-,16+,17+,18+,19+,20+,21+/m0/s1. The highest BCUT2D eigenvalue weighted by atomic mass is 31.2. The molecule has 3 fully saturated rings. The van der Waals surface area contributed by atoms with Crippen molar-refractivity contribution in [3.63, 3.8) is 0 Å². The third-order valence-corrected chi connectivity index (χ3v) is 10.7. The van der Waals surface area contributed by atoms with E-state index in [1.165, 1.54) is 13.8 Å². The van der Waals surface area contributed by atoms with Crippen LogP contribution in [0.25, 0.3) is 0 Å². The third-order valence-electron chi connectivity index (χ3n) is 6.52. The Morgan fingerprint density at radius 3 is 1.45 bits per heavy atom. The highest BCUT2D eigenvalue weighted by Crippen LogP contribution is 2.52. The molecule has 3 aliphatic heterocycles. The molecule has 0 radical (unpaired) electrons.